The topological polar surface area (TPSA) is 47.6 Å². The van der Waals surface area contributed by atoms with Crippen LogP contribution in [0.15, 0.2) is 54.6 Å². The zero-order chi connectivity index (χ0) is 17.5. The summed E-state index contributed by atoms with van der Waals surface area (Å²) < 4.78 is 11.5. The van der Waals surface area contributed by atoms with Crippen LogP contribution in [0.3, 0.4) is 0 Å². The van der Waals surface area contributed by atoms with Gasteiger partial charge in [-0.15, -0.1) is 0 Å². The normalized spacial score (nSPS) is 16.9. The third-order valence-corrected chi connectivity index (χ3v) is 4.07. The summed E-state index contributed by atoms with van der Waals surface area (Å²) in [5, 5.41) is 2.89. The van der Waals surface area contributed by atoms with Gasteiger partial charge in [0.1, 0.15) is 12.4 Å². The summed E-state index contributed by atoms with van der Waals surface area (Å²) in [4.78, 5) is 12.2. The van der Waals surface area contributed by atoms with Gasteiger partial charge in [0, 0.05) is 12.7 Å². The quantitative estimate of drug-likeness (QED) is 0.804. The summed E-state index contributed by atoms with van der Waals surface area (Å²) in [7, 11) is 0. The first-order valence-corrected chi connectivity index (χ1v) is 8.60. The van der Waals surface area contributed by atoms with Crippen LogP contribution >= 0.6 is 0 Å². The number of carbonyl (C=O) groups is 1. The molecular formula is C21H23NO3. The Morgan fingerprint density at radius 3 is 2.88 bits per heavy atom. The average Bonchev–Trinajstić information content (AvgIpc) is 3.14. The van der Waals surface area contributed by atoms with Gasteiger partial charge in [-0.2, -0.15) is 0 Å². The number of ether oxygens (including phenoxy) is 2. The maximum atomic E-state index is 12.2. The largest absolute Gasteiger partial charge is 0.489 e. The molecule has 1 N–H and O–H groups in total. The van der Waals surface area contributed by atoms with Gasteiger partial charge >= 0.3 is 0 Å². The van der Waals surface area contributed by atoms with Crippen LogP contribution in [0.5, 0.6) is 5.75 Å². The molecule has 1 aliphatic heterocycles. The number of amides is 1. The van der Waals surface area contributed by atoms with E-state index in [0.29, 0.717) is 18.0 Å². The van der Waals surface area contributed by atoms with Crippen molar-refractivity contribution < 1.29 is 14.3 Å². The summed E-state index contributed by atoms with van der Waals surface area (Å²) in [6.45, 7) is 3.31. The summed E-state index contributed by atoms with van der Waals surface area (Å²) >= 11 is 0. The van der Waals surface area contributed by atoms with Gasteiger partial charge < -0.3 is 14.8 Å². The number of nitrogens with one attached hydrogen (secondary N) is 1. The molecule has 1 aliphatic rings. The molecule has 4 heteroatoms. The summed E-state index contributed by atoms with van der Waals surface area (Å²) in [5.74, 6) is 0.492. The van der Waals surface area contributed by atoms with Crippen molar-refractivity contribution in [2.75, 3.05) is 18.5 Å². The van der Waals surface area contributed by atoms with Crippen molar-refractivity contribution in [3.05, 3.63) is 65.7 Å². The first kappa shape index (κ1) is 17.2. The predicted octanol–water partition coefficient (Wildman–Crippen LogP) is 4.20. The van der Waals surface area contributed by atoms with Crippen molar-refractivity contribution in [3.63, 3.8) is 0 Å². The number of anilines is 1. The molecule has 0 radical (unpaired) electrons. The van der Waals surface area contributed by atoms with E-state index in [4.69, 9.17) is 9.47 Å². The highest BCUT2D eigenvalue weighted by atomic mass is 16.5. The molecule has 1 amide bonds. The number of hydrogen-bond donors (Lipinski definition) is 1. The Morgan fingerprint density at radius 2 is 2.12 bits per heavy atom. The van der Waals surface area contributed by atoms with Crippen LogP contribution in [-0.2, 0) is 9.53 Å². The highest BCUT2D eigenvalue weighted by Gasteiger charge is 2.17. The maximum Gasteiger partial charge on any atom is 0.248 e. The summed E-state index contributed by atoms with van der Waals surface area (Å²) in [6.07, 6.45) is 5.56. The van der Waals surface area contributed by atoms with Gasteiger partial charge in [-0.3, -0.25) is 4.79 Å². The number of rotatable bonds is 6. The lowest BCUT2D eigenvalue weighted by Crippen LogP contribution is -2.17. The maximum absolute atomic E-state index is 12.2. The molecule has 25 heavy (non-hydrogen) atoms. The van der Waals surface area contributed by atoms with Crippen molar-refractivity contribution >= 4 is 17.7 Å². The molecule has 0 aromatic heterocycles. The van der Waals surface area contributed by atoms with Gasteiger partial charge in [-0.1, -0.05) is 36.4 Å². The first-order chi connectivity index (χ1) is 12.2. The standard InChI is InChI=1S/C21H23NO3/c1-16-9-11-19(20(14-16)25-15-18-8-5-13-24-18)22-21(23)12-10-17-6-3-2-4-7-17/h2-4,6-7,9-12,14,18H,5,8,13,15H2,1H3,(H,22,23)/b12-10+. The number of hydrogen-bond acceptors (Lipinski definition) is 3. The molecule has 2 aromatic rings. The highest BCUT2D eigenvalue weighted by Crippen LogP contribution is 2.27. The van der Waals surface area contributed by atoms with E-state index < -0.39 is 0 Å². The molecule has 0 spiro atoms. The van der Waals surface area contributed by atoms with Gasteiger partial charge in [0.15, 0.2) is 0 Å². The van der Waals surface area contributed by atoms with E-state index in [-0.39, 0.29) is 12.0 Å². The van der Waals surface area contributed by atoms with E-state index in [1.54, 1.807) is 6.08 Å². The lowest BCUT2D eigenvalue weighted by molar-refractivity contribution is -0.111. The van der Waals surface area contributed by atoms with Crippen LogP contribution < -0.4 is 10.1 Å². The van der Waals surface area contributed by atoms with Crippen molar-refractivity contribution in [3.8, 4) is 5.75 Å². The first-order valence-electron chi connectivity index (χ1n) is 8.60. The van der Waals surface area contributed by atoms with Gasteiger partial charge in [-0.25, -0.2) is 0 Å². The highest BCUT2D eigenvalue weighted by molar-refractivity contribution is 6.02. The van der Waals surface area contributed by atoms with Crippen LogP contribution in [-0.4, -0.2) is 25.2 Å². The van der Waals surface area contributed by atoms with Crippen LogP contribution in [0.1, 0.15) is 24.0 Å². The van der Waals surface area contributed by atoms with Crippen LogP contribution in [0.2, 0.25) is 0 Å². The Morgan fingerprint density at radius 1 is 1.28 bits per heavy atom. The zero-order valence-corrected chi connectivity index (χ0v) is 14.4. The molecular weight excluding hydrogens is 314 g/mol. The molecule has 1 fully saturated rings. The third kappa shape index (κ3) is 5.19. The van der Waals surface area contributed by atoms with Gasteiger partial charge in [0.2, 0.25) is 5.91 Å². The van der Waals surface area contributed by atoms with E-state index in [9.17, 15) is 4.79 Å². The fourth-order valence-electron chi connectivity index (χ4n) is 2.72. The van der Waals surface area contributed by atoms with Gasteiger partial charge in [0.05, 0.1) is 11.8 Å². The van der Waals surface area contributed by atoms with Crippen molar-refractivity contribution in [1.29, 1.82) is 0 Å². The van der Waals surface area contributed by atoms with Crippen LogP contribution in [0, 0.1) is 6.92 Å². The van der Waals surface area contributed by atoms with E-state index >= 15 is 0 Å². The van der Waals surface area contributed by atoms with Crippen molar-refractivity contribution in [2.24, 2.45) is 0 Å². The fraction of sp³-hybridized carbons (Fsp3) is 0.286. The lowest BCUT2D eigenvalue weighted by atomic mass is 10.2. The molecule has 2 aromatic carbocycles. The van der Waals surface area contributed by atoms with E-state index in [1.165, 1.54) is 6.08 Å². The molecule has 0 aliphatic carbocycles. The predicted molar refractivity (Wildman–Crippen MR) is 99.8 cm³/mol. The second-order valence-electron chi connectivity index (χ2n) is 6.18. The van der Waals surface area contributed by atoms with E-state index in [2.05, 4.69) is 5.32 Å². The fourth-order valence-corrected chi connectivity index (χ4v) is 2.72. The molecule has 130 valence electrons. The lowest BCUT2D eigenvalue weighted by Gasteiger charge is -2.15. The van der Waals surface area contributed by atoms with E-state index in [0.717, 1.165) is 30.6 Å². The molecule has 1 heterocycles. The monoisotopic (exact) mass is 337 g/mol. The molecule has 1 atom stereocenters. The summed E-state index contributed by atoms with van der Waals surface area (Å²) in [6, 6.07) is 15.5. The van der Waals surface area contributed by atoms with Crippen molar-refractivity contribution in [2.45, 2.75) is 25.9 Å². The Balaban J connectivity index is 1.64. The Labute approximate surface area is 148 Å². The number of carbonyl (C=O) groups excluding carboxylic acids is 1. The minimum atomic E-state index is -0.185. The van der Waals surface area contributed by atoms with Gasteiger partial charge in [0.25, 0.3) is 0 Å². The molecule has 0 bridgehead atoms. The third-order valence-electron chi connectivity index (χ3n) is 4.07. The van der Waals surface area contributed by atoms with Crippen molar-refractivity contribution in [1.82, 2.24) is 0 Å². The molecule has 1 saturated heterocycles. The summed E-state index contributed by atoms with van der Waals surface area (Å²) in [5.41, 5.74) is 2.74. The van der Waals surface area contributed by atoms with Crippen LogP contribution in [0.4, 0.5) is 5.69 Å². The second kappa shape index (κ2) is 8.49. The average molecular weight is 337 g/mol. The molecule has 4 nitrogen and oxygen atoms in total. The molecule has 3 rings (SSSR count). The Kier molecular flexibility index (Phi) is 5.86. The molecule has 1 unspecified atom stereocenters. The SMILES string of the molecule is Cc1ccc(NC(=O)/C=C/c2ccccc2)c(OCC2CCCO2)c1. The molecule has 0 saturated carbocycles. The zero-order valence-electron chi connectivity index (χ0n) is 14.4. The Hall–Kier alpha value is -2.59. The minimum Gasteiger partial charge on any atom is -0.489 e. The van der Waals surface area contributed by atoms with Gasteiger partial charge in [-0.05, 0) is 49.1 Å². The van der Waals surface area contributed by atoms with Crippen LogP contribution in [0.25, 0.3) is 6.08 Å². The number of benzene rings is 2. The Bertz CT molecular complexity index is 734. The van der Waals surface area contributed by atoms with E-state index in [1.807, 2.05) is 55.5 Å². The minimum absolute atomic E-state index is 0.141. The second-order valence-corrected chi connectivity index (χ2v) is 6.18. The smallest absolute Gasteiger partial charge is 0.248 e. The number of aryl methyl sites for hydroxylation is 1.